The van der Waals surface area contributed by atoms with Gasteiger partial charge >= 0.3 is 0 Å². The van der Waals surface area contributed by atoms with E-state index in [2.05, 4.69) is 10.3 Å². The third kappa shape index (κ3) is 4.43. The smallest absolute Gasteiger partial charge is 0.255 e. The van der Waals surface area contributed by atoms with Gasteiger partial charge in [0, 0.05) is 36.9 Å². The van der Waals surface area contributed by atoms with Crippen LogP contribution < -0.4 is 5.32 Å². The van der Waals surface area contributed by atoms with Gasteiger partial charge in [0.15, 0.2) is 12.2 Å². The normalized spacial score (nSPS) is 14.9. The summed E-state index contributed by atoms with van der Waals surface area (Å²) in [4.78, 5) is 31.1. The maximum absolute atomic E-state index is 12.5. The molecule has 156 valence electrons. The van der Waals surface area contributed by atoms with Crippen LogP contribution >= 0.6 is 11.3 Å². The second kappa shape index (κ2) is 8.78. The molecule has 0 saturated carbocycles. The minimum absolute atomic E-state index is 0.209. The van der Waals surface area contributed by atoms with E-state index in [9.17, 15) is 19.8 Å². The lowest BCUT2D eigenvalue weighted by Gasteiger charge is -2.22. The minimum atomic E-state index is -1.83. The van der Waals surface area contributed by atoms with E-state index in [0.717, 1.165) is 21.6 Å². The molecule has 0 radical (unpaired) electrons. The van der Waals surface area contributed by atoms with Gasteiger partial charge in [0.2, 0.25) is 0 Å². The Morgan fingerprint density at radius 3 is 2.57 bits per heavy atom. The largest absolute Gasteiger partial charge is 0.380 e. The predicted molar refractivity (Wildman–Crippen MR) is 110 cm³/mol. The Bertz CT molecular complexity index is 1010. The highest BCUT2D eigenvalue weighted by atomic mass is 32.1. The van der Waals surface area contributed by atoms with Crippen molar-refractivity contribution in [2.24, 2.45) is 0 Å². The Labute approximate surface area is 177 Å². The molecule has 2 amide bonds. The molecule has 1 aliphatic rings. The Morgan fingerprint density at radius 2 is 1.90 bits per heavy atom. The molecular weight excluding hydrogens is 404 g/mol. The zero-order chi connectivity index (χ0) is 21.1. The zero-order valence-electron chi connectivity index (χ0n) is 16.1. The number of imidazole rings is 1. The molecule has 0 bridgehead atoms. The molecule has 8 nitrogen and oxygen atoms in total. The molecule has 2 atom stereocenters. The van der Waals surface area contributed by atoms with Gasteiger partial charge in [-0.05, 0) is 28.1 Å². The summed E-state index contributed by atoms with van der Waals surface area (Å²) in [6.07, 6.45) is 1.67. The van der Waals surface area contributed by atoms with E-state index >= 15 is 0 Å². The van der Waals surface area contributed by atoms with E-state index < -0.39 is 24.0 Å². The van der Waals surface area contributed by atoms with Gasteiger partial charge in [-0.1, -0.05) is 24.3 Å². The molecule has 3 aromatic rings. The monoisotopic (exact) mass is 426 g/mol. The lowest BCUT2D eigenvalue weighted by atomic mass is 10.1. The molecule has 0 aliphatic carbocycles. The standard InChI is InChI=1S/C21H22N4O4S/c26-18(19(27)21(29)25-10-15-3-1-2-4-16(15)11-25)20(28)23-8-17-7-14(12-30-17)9-24-6-5-22-13-24/h1-7,12-13,18-19,26-27H,8-11H2,(H,23,28)/t18-,19-/m1/s1. The van der Waals surface area contributed by atoms with Crippen LogP contribution in [0.1, 0.15) is 21.6 Å². The van der Waals surface area contributed by atoms with Gasteiger partial charge in [-0.15, -0.1) is 11.3 Å². The van der Waals surface area contributed by atoms with Crippen molar-refractivity contribution < 1.29 is 19.8 Å². The number of amides is 2. The third-order valence-corrected chi connectivity index (χ3v) is 6.03. The number of nitrogens with one attached hydrogen (secondary N) is 1. The number of aromatic nitrogens is 2. The number of carbonyl (C=O) groups excluding carboxylic acids is 2. The third-order valence-electron chi connectivity index (χ3n) is 5.04. The summed E-state index contributed by atoms with van der Waals surface area (Å²) in [6.45, 7) is 1.60. The highest BCUT2D eigenvalue weighted by Crippen LogP contribution is 2.23. The molecule has 0 spiro atoms. The van der Waals surface area contributed by atoms with Crippen LogP contribution in [0.5, 0.6) is 0 Å². The summed E-state index contributed by atoms with van der Waals surface area (Å²) < 4.78 is 1.94. The second-order valence-electron chi connectivity index (χ2n) is 7.23. The van der Waals surface area contributed by atoms with E-state index in [0.29, 0.717) is 19.6 Å². The number of aliphatic hydroxyl groups is 2. The van der Waals surface area contributed by atoms with Gasteiger partial charge in [0.25, 0.3) is 11.8 Å². The Hall–Kier alpha value is -3.01. The summed E-state index contributed by atoms with van der Waals surface area (Å²) in [7, 11) is 0. The first kappa shape index (κ1) is 20.3. The van der Waals surface area contributed by atoms with Gasteiger partial charge in [0.05, 0.1) is 12.9 Å². The average molecular weight is 426 g/mol. The van der Waals surface area contributed by atoms with Gasteiger partial charge in [-0.25, -0.2) is 4.98 Å². The summed E-state index contributed by atoms with van der Waals surface area (Å²) in [5, 5.41) is 25.0. The van der Waals surface area contributed by atoms with Crippen LogP contribution in [0.4, 0.5) is 0 Å². The van der Waals surface area contributed by atoms with Crippen LogP contribution in [-0.4, -0.2) is 48.7 Å². The number of rotatable bonds is 7. The number of benzene rings is 1. The van der Waals surface area contributed by atoms with Crippen LogP contribution in [0.25, 0.3) is 0 Å². The summed E-state index contributed by atoms with van der Waals surface area (Å²) >= 11 is 1.49. The summed E-state index contributed by atoms with van der Waals surface area (Å²) in [5.41, 5.74) is 3.08. The zero-order valence-corrected chi connectivity index (χ0v) is 17.0. The van der Waals surface area contributed by atoms with E-state index in [4.69, 9.17) is 0 Å². The van der Waals surface area contributed by atoms with Crippen LogP contribution in [0.3, 0.4) is 0 Å². The van der Waals surface area contributed by atoms with Crippen molar-refractivity contribution in [3.8, 4) is 0 Å². The number of nitrogens with zero attached hydrogens (tertiary/aromatic N) is 3. The van der Waals surface area contributed by atoms with Crippen LogP contribution in [0.2, 0.25) is 0 Å². The molecule has 2 aromatic heterocycles. The molecule has 1 aliphatic heterocycles. The Balaban J connectivity index is 1.28. The van der Waals surface area contributed by atoms with E-state index in [-0.39, 0.29) is 6.54 Å². The van der Waals surface area contributed by atoms with E-state index in [1.165, 1.54) is 16.2 Å². The van der Waals surface area contributed by atoms with Crippen LogP contribution in [0.15, 0.2) is 54.4 Å². The fraction of sp³-hybridized carbons (Fsp3) is 0.286. The topological polar surface area (TPSA) is 108 Å². The highest BCUT2D eigenvalue weighted by Gasteiger charge is 2.35. The predicted octanol–water partition coefficient (Wildman–Crippen LogP) is 0.873. The van der Waals surface area contributed by atoms with E-state index in [1.807, 2.05) is 46.5 Å². The van der Waals surface area contributed by atoms with Gasteiger partial charge in [-0.2, -0.15) is 0 Å². The minimum Gasteiger partial charge on any atom is -0.380 e. The molecule has 0 unspecified atom stereocenters. The molecule has 1 aromatic carbocycles. The van der Waals surface area contributed by atoms with Crippen molar-refractivity contribution in [2.75, 3.05) is 0 Å². The molecule has 3 N–H and O–H groups in total. The van der Waals surface area contributed by atoms with Crippen molar-refractivity contribution in [2.45, 2.75) is 38.4 Å². The molecule has 0 fully saturated rings. The second-order valence-corrected chi connectivity index (χ2v) is 8.22. The maximum atomic E-state index is 12.5. The van der Waals surface area contributed by atoms with Crippen molar-refractivity contribution in [3.05, 3.63) is 76.0 Å². The van der Waals surface area contributed by atoms with Crippen molar-refractivity contribution >= 4 is 23.2 Å². The van der Waals surface area contributed by atoms with Crippen molar-refractivity contribution in [3.63, 3.8) is 0 Å². The summed E-state index contributed by atoms with van der Waals surface area (Å²) in [6, 6.07) is 9.56. The Morgan fingerprint density at radius 1 is 1.17 bits per heavy atom. The molecule has 30 heavy (non-hydrogen) atoms. The molecule has 9 heteroatoms. The first-order valence-electron chi connectivity index (χ1n) is 9.52. The van der Waals surface area contributed by atoms with Crippen molar-refractivity contribution in [1.29, 1.82) is 0 Å². The summed E-state index contributed by atoms with van der Waals surface area (Å²) in [5.74, 6) is -1.44. The molecular formula is C21H22N4O4S. The SMILES string of the molecule is O=C(NCc1cc(Cn2ccnc2)cs1)[C@H](O)[C@@H](O)C(=O)N1Cc2ccccc2C1. The average Bonchev–Trinajstić information content (AvgIpc) is 3.51. The van der Waals surface area contributed by atoms with Crippen LogP contribution in [0, 0.1) is 0 Å². The molecule has 0 saturated heterocycles. The number of hydrogen-bond donors (Lipinski definition) is 3. The lowest BCUT2D eigenvalue weighted by molar-refractivity contribution is -0.153. The first-order chi connectivity index (χ1) is 14.5. The fourth-order valence-corrected chi connectivity index (χ4v) is 4.25. The number of hydrogen-bond acceptors (Lipinski definition) is 6. The van der Waals surface area contributed by atoms with Gasteiger partial charge in [0.1, 0.15) is 0 Å². The number of thiophene rings is 1. The molecule has 4 rings (SSSR count). The number of carbonyl (C=O) groups is 2. The maximum Gasteiger partial charge on any atom is 0.255 e. The fourth-order valence-electron chi connectivity index (χ4n) is 3.43. The number of fused-ring (bicyclic) bond motifs is 1. The van der Waals surface area contributed by atoms with Crippen LogP contribution in [-0.2, 0) is 35.8 Å². The lowest BCUT2D eigenvalue weighted by Crippen LogP contribution is -2.49. The first-order valence-corrected chi connectivity index (χ1v) is 10.4. The molecule has 3 heterocycles. The van der Waals surface area contributed by atoms with E-state index in [1.54, 1.807) is 12.5 Å². The quantitative estimate of drug-likeness (QED) is 0.520. The van der Waals surface area contributed by atoms with Gasteiger partial charge < -0.3 is 25.0 Å². The van der Waals surface area contributed by atoms with Gasteiger partial charge in [-0.3, -0.25) is 9.59 Å². The van der Waals surface area contributed by atoms with Crippen molar-refractivity contribution in [1.82, 2.24) is 19.8 Å². The number of aliphatic hydroxyl groups excluding tert-OH is 2. The highest BCUT2D eigenvalue weighted by molar-refractivity contribution is 7.10. The Kier molecular flexibility index (Phi) is 5.93.